The van der Waals surface area contributed by atoms with Crippen LogP contribution in [0.1, 0.15) is 10.4 Å². The van der Waals surface area contributed by atoms with Crippen LogP contribution in [0, 0.1) is 11.6 Å². The first kappa shape index (κ1) is 14.6. The van der Waals surface area contributed by atoms with Crippen molar-refractivity contribution in [3.63, 3.8) is 0 Å². The Morgan fingerprint density at radius 2 is 2.00 bits per heavy atom. The minimum atomic E-state index is -0.951. The Kier molecular flexibility index (Phi) is 4.61. The van der Waals surface area contributed by atoms with E-state index < -0.39 is 11.6 Å². The summed E-state index contributed by atoms with van der Waals surface area (Å²) in [5.74, 6) is -2.17. The van der Waals surface area contributed by atoms with Crippen molar-refractivity contribution in [2.24, 2.45) is 0 Å². The van der Waals surface area contributed by atoms with Crippen molar-refractivity contribution < 1.29 is 13.6 Å². The fourth-order valence-corrected chi connectivity index (χ4v) is 1.64. The molecule has 0 unspecified atom stereocenters. The molecular weight excluding hydrogens is 276 g/mol. The van der Waals surface area contributed by atoms with E-state index in [1.807, 2.05) is 0 Å². The number of halogens is 2. The molecule has 0 aliphatic heterocycles. The van der Waals surface area contributed by atoms with Crippen LogP contribution in [0.2, 0.25) is 0 Å². The second-order valence-electron chi connectivity index (χ2n) is 4.21. The van der Waals surface area contributed by atoms with Gasteiger partial charge in [0.2, 0.25) is 0 Å². The van der Waals surface area contributed by atoms with Crippen LogP contribution in [0.4, 0.5) is 20.2 Å². The summed E-state index contributed by atoms with van der Waals surface area (Å²) in [5, 5.41) is 5.48. The Hall–Kier alpha value is -2.76. The van der Waals surface area contributed by atoms with E-state index in [1.165, 1.54) is 18.5 Å². The number of aromatic nitrogens is 1. The molecule has 0 spiro atoms. The van der Waals surface area contributed by atoms with Gasteiger partial charge >= 0.3 is 0 Å². The van der Waals surface area contributed by atoms with Crippen LogP contribution in [-0.2, 0) is 0 Å². The van der Waals surface area contributed by atoms with E-state index in [9.17, 15) is 13.6 Å². The standard InChI is InChI=1S/C15H13F2N3O/c1-2-5-19-15(21)10-6-12(9-18-8-10)20-11-3-4-13(16)14(17)7-11/h2-4,6-9,20H,1,5H2,(H,19,21). The van der Waals surface area contributed by atoms with Gasteiger partial charge in [-0.2, -0.15) is 0 Å². The van der Waals surface area contributed by atoms with Crippen molar-refractivity contribution in [1.29, 1.82) is 0 Å². The van der Waals surface area contributed by atoms with Crippen molar-refractivity contribution >= 4 is 17.3 Å². The number of hydrogen-bond donors (Lipinski definition) is 2. The average Bonchev–Trinajstić information content (AvgIpc) is 2.49. The number of benzene rings is 1. The van der Waals surface area contributed by atoms with Crippen molar-refractivity contribution in [3.8, 4) is 0 Å². The number of carbonyl (C=O) groups excluding carboxylic acids is 1. The summed E-state index contributed by atoms with van der Waals surface area (Å²) < 4.78 is 26.0. The van der Waals surface area contributed by atoms with Gasteiger partial charge in [-0.05, 0) is 18.2 Å². The Morgan fingerprint density at radius 3 is 2.71 bits per heavy atom. The number of nitrogens with one attached hydrogen (secondary N) is 2. The van der Waals surface area contributed by atoms with Gasteiger partial charge in [0.05, 0.1) is 17.4 Å². The Balaban J connectivity index is 2.15. The molecule has 0 bridgehead atoms. The first-order chi connectivity index (χ1) is 10.1. The van der Waals surface area contributed by atoms with Gasteiger partial charge in [-0.3, -0.25) is 9.78 Å². The Bertz CT molecular complexity index is 674. The maximum atomic E-state index is 13.1. The topological polar surface area (TPSA) is 54.0 Å². The lowest BCUT2D eigenvalue weighted by Gasteiger charge is -2.08. The van der Waals surface area contributed by atoms with Crippen molar-refractivity contribution in [2.45, 2.75) is 0 Å². The van der Waals surface area contributed by atoms with Gasteiger partial charge in [-0.1, -0.05) is 6.08 Å². The third-order valence-corrected chi connectivity index (χ3v) is 2.62. The fraction of sp³-hybridized carbons (Fsp3) is 0.0667. The average molecular weight is 289 g/mol. The molecular formula is C15H13F2N3O. The third kappa shape index (κ3) is 3.85. The molecule has 0 fully saturated rings. The molecule has 2 aromatic rings. The van der Waals surface area contributed by atoms with Crippen LogP contribution in [0.25, 0.3) is 0 Å². The first-order valence-corrected chi connectivity index (χ1v) is 6.16. The Morgan fingerprint density at radius 1 is 1.19 bits per heavy atom. The summed E-state index contributed by atoms with van der Waals surface area (Å²) in [7, 11) is 0. The molecule has 0 aliphatic rings. The smallest absolute Gasteiger partial charge is 0.253 e. The van der Waals surface area contributed by atoms with Gasteiger partial charge < -0.3 is 10.6 Å². The van der Waals surface area contributed by atoms with Crippen LogP contribution < -0.4 is 10.6 Å². The summed E-state index contributed by atoms with van der Waals surface area (Å²) in [4.78, 5) is 15.7. The van der Waals surface area contributed by atoms with E-state index in [0.29, 0.717) is 23.5 Å². The van der Waals surface area contributed by atoms with E-state index in [-0.39, 0.29) is 5.91 Å². The highest BCUT2D eigenvalue weighted by molar-refractivity contribution is 5.94. The summed E-state index contributed by atoms with van der Waals surface area (Å²) in [6, 6.07) is 5.00. The summed E-state index contributed by atoms with van der Waals surface area (Å²) in [5.41, 5.74) is 1.20. The molecule has 21 heavy (non-hydrogen) atoms. The molecule has 1 aromatic carbocycles. The van der Waals surface area contributed by atoms with E-state index in [4.69, 9.17) is 0 Å². The number of anilines is 2. The normalized spacial score (nSPS) is 10.0. The predicted octanol–water partition coefficient (Wildman–Crippen LogP) is 3.02. The molecule has 0 atom stereocenters. The minimum absolute atomic E-state index is 0.295. The number of pyridine rings is 1. The highest BCUT2D eigenvalue weighted by Crippen LogP contribution is 2.19. The van der Waals surface area contributed by atoms with E-state index >= 15 is 0 Å². The molecule has 1 aromatic heterocycles. The van der Waals surface area contributed by atoms with Crippen LogP contribution in [0.5, 0.6) is 0 Å². The zero-order valence-corrected chi connectivity index (χ0v) is 11.1. The molecule has 1 amide bonds. The zero-order valence-electron chi connectivity index (χ0n) is 11.1. The number of nitrogens with zero attached hydrogens (tertiary/aromatic N) is 1. The summed E-state index contributed by atoms with van der Waals surface area (Å²) in [6.07, 6.45) is 4.45. The van der Waals surface area contributed by atoms with Crippen molar-refractivity contribution in [3.05, 3.63) is 66.5 Å². The lowest BCUT2D eigenvalue weighted by Crippen LogP contribution is -2.23. The van der Waals surface area contributed by atoms with Gasteiger partial charge in [0.15, 0.2) is 11.6 Å². The van der Waals surface area contributed by atoms with Gasteiger partial charge in [0.1, 0.15) is 0 Å². The molecule has 0 saturated carbocycles. The third-order valence-electron chi connectivity index (χ3n) is 2.62. The van der Waals surface area contributed by atoms with Crippen LogP contribution >= 0.6 is 0 Å². The second-order valence-corrected chi connectivity index (χ2v) is 4.21. The van der Waals surface area contributed by atoms with E-state index in [1.54, 1.807) is 12.1 Å². The van der Waals surface area contributed by atoms with Gasteiger partial charge in [0.25, 0.3) is 5.91 Å². The number of amides is 1. The van der Waals surface area contributed by atoms with Gasteiger partial charge in [-0.25, -0.2) is 8.78 Å². The summed E-state index contributed by atoms with van der Waals surface area (Å²) in [6.45, 7) is 3.85. The SMILES string of the molecule is C=CCNC(=O)c1cncc(Nc2ccc(F)c(F)c2)c1. The molecule has 1 heterocycles. The molecule has 0 aliphatic carbocycles. The maximum absolute atomic E-state index is 13.1. The van der Waals surface area contributed by atoms with Gasteiger partial charge in [-0.15, -0.1) is 6.58 Å². The molecule has 108 valence electrons. The maximum Gasteiger partial charge on any atom is 0.253 e. The number of hydrogen-bond acceptors (Lipinski definition) is 3. The lowest BCUT2D eigenvalue weighted by molar-refractivity contribution is 0.0957. The lowest BCUT2D eigenvalue weighted by atomic mass is 10.2. The molecule has 0 radical (unpaired) electrons. The quantitative estimate of drug-likeness (QED) is 0.832. The van der Waals surface area contributed by atoms with Crippen molar-refractivity contribution in [1.82, 2.24) is 10.3 Å². The predicted molar refractivity (Wildman–Crippen MR) is 76.4 cm³/mol. The molecule has 0 saturated heterocycles. The fourth-order valence-electron chi connectivity index (χ4n) is 1.64. The molecule has 2 rings (SSSR count). The Labute approximate surface area is 120 Å². The highest BCUT2D eigenvalue weighted by atomic mass is 19.2. The van der Waals surface area contributed by atoms with Crippen molar-refractivity contribution in [2.75, 3.05) is 11.9 Å². The largest absolute Gasteiger partial charge is 0.354 e. The van der Waals surface area contributed by atoms with Crippen LogP contribution in [0.3, 0.4) is 0 Å². The minimum Gasteiger partial charge on any atom is -0.354 e. The first-order valence-electron chi connectivity index (χ1n) is 6.16. The molecule has 4 nitrogen and oxygen atoms in total. The van der Waals surface area contributed by atoms with Crippen LogP contribution in [-0.4, -0.2) is 17.4 Å². The second kappa shape index (κ2) is 6.60. The van der Waals surface area contributed by atoms with E-state index in [0.717, 1.165) is 12.1 Å². The van der Waals surface area contributed by atoms with E-state index in [2.05, 4.69) is 22.2 Å². The molecule has 6 heteroatoms. The summed E-state index contributed by atoms with van der Waals surface area (Å²) >= 11 is 0. The van der Waals surface area contributed by atoms with Gasteiger partial charge in [0, 0.05) is 24.5 Å². The number of rotatable bonds is 5. The highest BCUT2D eigenvalue weighted by Gasteiger charge is 2.07. The zero-order chi connectivity index (χ0) is 15.2. The monoisotopic (exact) mass is 289 g/mol. The number of carbonyl (C=O) groups is 1. The molecule has 2 N–H and O–H groups in total. The van der Waals surface area contributed by atoms with Crippen LogP contribution in [0.15, 0.2) is 49.3 Å².